The van der Waals surface area contributed by atoms with E-state index in [1.807, 2.05) is 11.8 Å². The smallest absolute Gasteiger partial charge is 0.0746 e. The van der Waals surface area contributed by atoms with Gasteiger partial charge in [0.25, 0.3) is 0 Å². The second-order valence-electron chi connectivity index (χ2n) is 8.22. The molecule has 1 unspecified atom stereocenters. The van der Waals surface area contributed by atoms with Gasteiger partial charge in [0, 0.05) is 14.3 Å². The van der Waals surface area contributed by atoms with Gasteiger partial charge in [-0.2, -0.15) is 0 Å². The molecular weight excluding hydrogens is 460 g/mol. The summed E-state index contributed by atoms with van der Waals surface area (Å²) in [7, 11) is 0. The topological polar surface area (TPSA) is 0 Å². The third-order valence-corrected chi connectivity index (χ3v) is 8.59. The molecule has 1 aliphatic carbocycles. The molecule has 1 atom stereocenters. The Morgan fingerprint density at radius 2 is 1.32 bits per heavy atom. The molecule has 1 spiro atoms. The van der Waals surface area contributed by atoms with E-state index in [0.717, 1.165) is 0 Å². The van der Waals surface area contributed by atoms with Crippen molar-refractivity contribution in [1.29, 1.82) is 0 Å². The second kappa shape index (κ2) is 6.35. The molecule has 0 saturated carbocycles. The molecule has 0 nitrogen and oxygen atoms in total. The van der Waals surface area contributed by atoms with Crippen LogP contribution in [0.2, 0.25) is 0 Å². The lowest BCUT2D eigenvalue weighted by Crippen LogP contribution is -2.32. The first-order valence-electron chi connectivity index (χ1n) is 10.5. The van der Waals surface area contributed by atoms with Crippen molar-refractivity contribution in [2.45, 2.75) is 15.2 Å². The molecule has 5 aromatic rings. The molecule has 2 aliphatic rings. The van der Waals surface area contributed by atoms with Crippen molar-refractivity contribution < 1.29 is 0 Å². The minimum absolute atomic E-state index is 0.326. The van der Waals surface area contributed by atoms with Gasteiger partial charge in [0.1, 0.15) is 0 Å². The van der Waals surface area contributed by atoms with Crippen LogP contribution in [0.25, 0.3) is 21.9 Å². The maximum absolute atomic E-state index is 3.96. The van der Waals surface area contributed by atoms with E-state index in [4.69, 9.17) is 0 Å². The third-order valence-electron chi connectivity index (χ3n) is 6.79. The van der Waals surface area contributed by atoms with Gasteiger partial charge in [0.15, 0.2) is 0 Å². The highest BCUT2D eigenvalue weighted by Gasteiger charge is 2.51. The lowest BCUT2D eigenvalue weighted by molar-refractivity contribution is 0.718. The van der Waals surface area contributed by atoms with Crippen LogP contribution in [0, 0.1) is 0 Å². The van der Waals surface area contributed by atoms with Gasteiger partial charge in [0.2, 0.25) is 0 Å². The Balaban J connectivity index is 1.76. The molecule has 0 bridgehead atoms. The predicted molar refractivity (Wildman–Crippen MR) is 133 cm³/mol. The van der Waals surface area contributed by atoms with Gasteiger partial charge in [-0.1, -0.05) is 113 Å². The summed E-state index contributed by atoms with van der Waals surface area (Å²) in [4.78, 5) is 2.66. The standard InChI is InChI=1S/C29H17BrS/c30-24-13-7-15-26-28(24)29(22-12-5-6-14-25(22)31-26)21-11-4-3-10-20(21)27-19-9-2-1-8-18(19)16-17-23(27)29/h1-17H. The van der Waals surface area contributed by atoms with Crippen molar-refractivity contribution in [2.75, 3.05) is 0 Å². The molecule has 0 amide bonds. The summed E-state index contributed by atoms with van der Waals surface area (Å²) < 4.78 is 1.17. The number of hydrogen-bond donors (Lipinski definition) is 0. The van der Waals surface area contributed by atoms with E-state index >= 15 is 0 Å². The van der Waals surface area contributed by atoms with Crippen LogP contribution in [0.5, 0.6) is 0 Å². The van der Waals surface area contributed by atoms with Crippen molar-refractivity contribution in [1.82, 2.24) is 0 Å². The molecule has 146 valence electrons. The maximum atomic E-state index is 3.96. The van der Waals surface area contributed by atoms with Crippen molar-refractivity contribution >= 4 is 38.5 Å². The van der Waals surface area contributed by atoms with Gasteiger partial charge in [0.05, 0.1) is 5.41 Å². The second-order valence-corrected chi connectivity index (χ2v) is 10.2. The van der Waals surface area contributed by atoms with Crippen LogP contribution in [0.15, 0.2) is 117 Å². The van der Waals surface area contributed by atoms with Gasteiger partial charge in [-0.05, 0) is 62.4 Å². The summed E-state index contributed by atoms with van der Waals surface area (Å²) in [6, 6.07) is 38.0. The molecule has 1 aliphatic heterocycles. The SMILES string of the molecule is Brc1cccc2c1C1(c3ccccc3S2)c2ccccc2-c2c1ccc1ccccc21. The molecule has 0 fully saturated rings. The average Bonchev–Trinajstić information content (AvgIpc) is 3.11. The molecule has 0 radical (unpaired) electrons. The molecule has 0 aromatic heterocycles. The number of benzene rings is 5. The van der Waals surface area contributed by atoms with Crippen LogP contribution in [0.4, 0.5) is 0 Å². The first-order chi connectivity index (χ1) is 15.3. The fourth-order valence-corrected chi connectivity index (χ4v) is 7.70. The van der Waals surface area contributed by atoms with Crippen molar-refractivity contribution in [3.63, 3.8) is 0 Å². The molecule has 2 heteroatoms. The maximum Gasteiger partial charge on any atom is 0.0746 e. The Morgan fingerprint density at radius 3 is 2.26 bits per heavy atom. The number of rotatable bonds is 0. The molecule has 5 aromatic carbocycles. The lowest BCUT2D eigenvalue weighted by Gasteiger charge is -2.40. The van der Waals surface area contributed by atoms with Crippen LogP contribution < -0.4 is 0 Å². The summed E-state index contributed by atoms with van der Waals surface area (Å²) in [5, 5.41) is 2.62. The van der Waals surface area contributed by atoms with E-state index in [1.54, 1.807) is 0 Å². The van der Waals surface area contributed by atoms with Crippen LogP contribution in [0.1, 0.15) is 22.3 Å². The Kier molecular flexibility index (Phi) is 3.65. The van der Waals surface area contributed by atoms with E-state index in [0.29, 0.717) is 0 Å². The van der Waals surface area contributed by atoms with Gasteiger partial charge in [-0.25, -0.2) is 0 Å². The lowest BCUT2D eigenvalue weighted by atomic mass is 9.67. The predicted octanol–water partition coefficient (Wildman–Crippen LogP) is 8.43. The summed E-state index contributed by atoms with van der Waals surface area (Å²) in [6.45, 7) is 0. The Hall–Kier alpha value is -2.81. The molecule has 31 heavy (non-hydrogen) atoms. The Morgan fingerprint density at radius 1 is 0.581 bits per heavy atom. The molecule has 1 heterocycles. The van der Waals surface area contributed by atoms with Crippen molar-refractivity contribution in [3.05, 3.63) is 130 Å². The Labute approximate surface area is 194 Å². The summed E-state index contributed by atoms with van der Waals surface area (Å²) in [6.07, 6.45) is 0. The molecule has 0 N–H and O–H groups in total. The fraction of sp³-hybridized carbons (Fsp3) is 0.0345. The highest BCUT2D eigenvalue weighted by Crippen LogP contribution is 2.64. The number of halogens is 1. The zero-order valence-electron chi connectivity index (χ0n) is 16.6. The number of hydrogen-bond acceptors (Lipinski definition) is 1. The number of fused-ring (bicyclic) bond motifs is 11. The third kappa shape index (κ3) is 2.17. The van der Waals surface area contributed by atoms with Gasteiger partial charge in [-0.15, -0.1) is 0 Å². The van der Waals surface area contributed by atoms with Crippen LogP contribution in [-0.2, 0) is 5.41 Å². The van der Waals surface area contributed by atoms with E-state index in [1.165, 1.54) is 58.4 Å². The minimum atomic E-state index is -0.326. The van der Waals surface area contributed by atoms with Crippen LogP contribution >= 0.6 is 27.7 Å². The largest absolute Gasteiger partial charge is 0.0894 e. The Bertz CT molecular complexity index is 1530. The monoisotopic (exact) mass is 476 g/mol. The van der Waals surface area contributed by atoms with Crippen LogP contribution in [0.3, 0.4) is 0 Å². The fourth-order valence-electron chi connectivity index (χ4n) is 5.68. The first-order valence-corrected chi connectivity index (χ1v) is 12.1. The van der Waals surface area contributed by atoms with Crippen LogP contribution in [-0.4, -0.2) is 0 Å². The highest BCUT2D eigenvalue weighted by atomic mass is 79.9. The van der Waals surface area contributed by atoms with Gasteiger partial charge >= 0.3 is 0 Å². The van der Waals surface area contributed by atoms with Gasteiger partial charge < -0.3 is 0 Å². The zero-order valence-corrected chi connectivity index (χ0v) is 19.0. The van der Waals surface area contributed by atoms with Gasteiger partial charge in [-0.3, -0.25) is 0 Å². The average molecular weight is 477 g/mol. The summed E-state index contributed by atoms with van der Waals surface area (Å²) >= 11 is 5.84. The van der Waals surface area contributed by atoms with Crippen molar-refractivity contribution in [2.24, 2.45) is 0 Å². The van der Waals surface area contributed by atoms with E-state index in [9.17, 15) is 0 Å². The molecule has 0 saturated heterocycles. The van der Waals surface area contributed by atoms with Crippen molar-refractivity contribution in [3.8, 4) is 11.1 Å². The summed E-state index contributed by atoms with van der Waals surface area (Å²) in [5.41, 5.74) is 7.89. The normalized spacial score (nSPS) is 17.8. The summed E-state index contributed by atoms with van der Waals surface area (Å²) in [5.74, 6) is 0. The van der Waals surface area contributed by atoms with E-state index in [-0.39, 0.29) is 5.41 Å². The van der Waals surface area contributed by atoms with E-state index < -0.39 is 0 Å². The molecule has 7 rings (SSSR count). The molecular formula is C29H17BrS. The minimum Gasteiger partial charge on any atom is -0.0894 e. The van der Waals surface area contributed by atoms with E-state index in [2.05, 4.69) is 119 Å². The quantitative estimate of drug-likeness (QED) is 0.211. The highest BCUT2D eigenvalue weighted by molar-refractivity contribution is 9.10. The first kappa shape index (κ1) is 17.8. The zero-order chi connectivity index (χ0) is 20.6.